The molecule has 32 heavy (non-hydrogen) atoms. The molecule has 2 aromatic heterocycles. The molecule has 3 aromatic rings. The van der Waals surface area contributed by atoms with Crippen molar-refractivity contribution in [1.29, 1.82) is 0 Å². The molecule has 3 aliphatic rings. The van der Waals surface area contributed by atoms with Crippen molar-refractivity contribution in [2.45, 2.75) is 43.9 Å². The Morgan fingerprint density at radius 3 is 2.78 bits per heavy atom. The Bertz CT molecular complexity index is 1290. The van der Waals surface area contributed by atoms with Gasteiger partial charge < -0.3 is 15.7 Å². The zero-order chi connectivity index (χ0) is 21.8. The van der Waals surface area contributed by atoms with Crippen LogP contribution in [0.4, 0.5) is 11.9 Å². The van der Waals surface area contributed by atoms with Crippen molar-refractivity contribution in [2.24, 2.45) is 0 Å². The van der Waals surface area contributed by atoms with E-state index in [-0.39, 0.29) is 18.4 Å². The van der Waals surface area contributed by atoms with Crippen LogP contribution in [-0.4, -0.2) is 48.6 Å². The first-order chi connectivity index (χ1) is 15.5. The highest BCUT2D eigenvalue weighted by molar-refractivity contribution is 6.15. The smallest absolute Gasteiger partial charge is 0.254 e. The summed E-state index contributed by atoms with van der Waals surface area (Å²) in [6.07, 6.45) is 5.37. The predicted octanol–water partition coefficient (Wildman–Crippen LogP) is 1.20. The first kappa shape index (κ1) is 18.9. The summed E-state index contributed by atoms with van der Waals surface area (Å²) in [7, 11) is 0. The zero-order valence-electron chi connectivity index (χ0n) is 17.1. The highest BCUT2D eigenvalue weighted by Crippen LogP contribution is 2.34. The van der Waals surface area contributed by atoms with Gasteiger partial charge in [0.25, 0.3) is 5.91 Å². The van der Waals surface area contributed by atoms with E-state index in [1.165, 1.54) is 0 Å². The first-order valence-electron chi connectivity index (χ1n) is 10.6. The van der Waals surface area contributed by atoms with Crippen LogP contribution in [0.5, 0.6) is 0 Å². The number of benzene rings is 1. The molecule has 0 spiro atoms. The monoisotopic (exact) mass is 431 g/mol. The second-order valence-electron chi connectivity index (χ2n) is 8.44. The maximum absolute atomic E-state index is 12.0. The molecule has 0 radical (unpaired) electrons. The third-order valence-corrected chi connectivity index (χ3v) is 6.02. The van der Waals surface area contributed by atoms with Crippen LogP contribution >= 0.6 is 0 Å². The normalized spacial score (nSPS) is 23.6. The van der Waals surface area contributed by atoms with E-state index in [0.717, 1.165) is 24.0 Å². The fourth-order valence-electron chi connectivity index (χ4n) is 4.26. The molecule has 1 saturated heterocycles. The Morgan fingerprint density at radius 2 is 2.00 bits per heavy atom. The van der Waals surface area contributed by atoms with E-state index in [9.17, 15) is 14.7 Å². The standard InChI is InChI=1S/C22H21N7O3/c30-16-8-11-3-1-2-4-15(11)18(16)26-21-27-19-13(7-12-9-17(31)25-20(12)32)10-23-29(19)22(28-21)24-14-5-6-14/h1-4,7,10,14,16,18,30H,5-6,8-9H2,(H,25,31,32)(H2,24,26,27,28)/b12-7+/t16-,18+/m0/s1. The van der Waals surface area contributed by atoms with Crippen LogP contribution in [0, 0.1) is 0 Å². The quantitative estimate of drug-likeness (QED) is 0.350. The molecule has 2 fully saturated rings. The van der Waals surface area contributed by atoms with Gasteiger partial charge in [-0.3, -0.25) is 14.9 Å². The molecule has 0 unspecified atom stereocenters. The number of aromatic nitrogens is 4. The molecule has 2 aliphatic carbocycles. The lowest BCUT2D eigenvalue weighted by atomic mass is 10.1. The van der Waals surface area contributed by atoms with Gasteiger partial charge in [0, 0.05) is 23.6 Å². The minimum atomic E-state index is -0.591. The van der Waals surface area contributed by atoms with Crippen LogP contribution < -0.4 is 16.0 Å². The Hall–Kier alpha value is -3.79. The van der Waals surface area contributed by atoms with E-state index in [0.29, 0.717) is 41.1 Å². The lowest BCUT2D eigenvalue weighted by molar-refractivity contribution is -0.124. The molecule has 1 saturated carbocycles. The van der Waals surface area contributed by atoms with Crippen molar-refractivity contribution in [3.05, 3.63) is 52.7 Å². The maximum atomic E-state index is 12.0. The fraction of sp³-hybridized carbons (Fsp3) is 0.318. The highest BCUT2D eigenvalue weighted by Gasteiger charge is 2.32. The van der Waals surface area contributed by atoms with Crippen LogP contribution in [0.1, 0.15) is 42.0 Å². The van der Waals surface area contributed by atoms with Crippen molar-refractivity contribution < 1.29 is 14.7 Å². The SMILES string of the molecule is O=C1C/C(=C\c2cnn3c(NC4CC4)nc(N[C@@H]4c5ccccc5C[C@@H]4O)nc23)C(=O)N1. The van der Waals surface area contributed by atoms with Gasteiger partial charge in [-0.15, -0.1) is 0 Å². The molecule has 2 atom stereocenters. The average molecular weight is 431 g/mol. The summed E-state index contributed by atoms with van der Waals surface area (Å²) in [4.78, 5) is 32.8. The molecule has 0 bridgehead atoms. The van der Waals surface area contributed by atoms with E-state index in [4.69, 9.17) is 0 Å². The summed E-state index contributed by atoms with van der Waals surface area (Å²) in [5.41, 5.74) is 3.61. The van der Waals surface area contributed by atoms with Gasteiger partial charge in [-0.25, -0.2) is 0 Å². The minimum Gasteiger partial charge on any atom is -0.390 e. The number of fused-ring (bicyclic) bond motifs is 2. The number of nitrogens with zero attached hydrogens (tertiary/aromatic N) is 4. The number of anilines is 2. The van der Waals surface area contributed by atoms with Crippen molar-refractivity contribution in [3.8, 4) is 0 Å². The zero-order valence-corrected chi connectivity index (χ0v) is 17.1. The Kier molecular flexibility index (Phi) is 4.22. The summed E-state index contributed by atoms with van der Waals surface area (Å²) in [6, 6.07) is 7.93. The summed E-state index contributed by atoms with van der Waals surface area (Å²) in [5.74, 6) is 0.175. The van der Waals surface area contributed by atoms with Gasteiger partial charge >= 0.3 is 0 Å². The molecule has 10 nitrogen and oxygen atoms in total. The Labute approximate surface area is 182 Å². The summed E-state index contributed by atoms with van der Waals surface area (Å²) in [5, 5.41) is 24.0. The molecule has 4 N–H and O–H groups in total. The van der Waals surface area contributed by atoms with Gasteiger partial charge in [-0.05, 0) is 30.0 Å². The molecule has 3 heterocycles. The lowest BCUT2D eigenvalue weighted by Crippen LogP contribution is -2.23. The minimum absolute atomic E-state index is 0.0323. The number of aliphatic hydroxyl groups is 1. The topological polar surface area (TPSA) is 134 Å². The van der Waals surface area contributed by atoms with Gasteiger partial charge in [-0.1, -0.05) is 24.3 Å². The van der Waals surface area contributed by atoms with Crippen molar-refractivity contribution in [2.75, 3.05) is 10.6 Å². The van der Waals surface area contributed by atoms with Crippen LogP contribution in [0.15, 0.2) is 36.0 Å². The maximum Gasteiger partial charge on any atom is 0.254 e. The summed E-state index contributed by atoms with van der Waals surface area (Å²) in [6.45, 7) is 0. The molecule has 2 amide bonds. The Balaban J connectivity index is 1.41. The molecule has 162 valence electrons. The van der Waals surface area contributed by atoms with Gasteiger partial charge in [-0.2, -0.15) is 19.6 Å². The summed E-state index contributed by atoms with van der Waals surface area (Å²) >= 11 is 0. The van der Waals surface area contributed by atoms with E-state index in [1.54, 1.807) is 16.8 Å². The highest BCUT2D eigenvalue weighted by atomic mass is 16.3. The number of hydrogen-bond acceptors (Lipinski definition) is 8. The molecule has 1 aliphatic heterocycles. The average Bonchev–Trinajstić information content (AvgIpc) is 3.29. The summed E-state index contributed by atoms with van der Waals surface area (Å²) < 4.78 is 1.60. The van der Waals surface area contributed by atoms with Gasteiger partial charge in [0.1, 0.15) is 0 Å². The van der Waals surface area contributed by atoms with Crippen LogP contribution in [-0.2, 0) is 16.0 Å². The lowest BCUT2D eigenvalue weighted by Gasteiger charge is -2.18. The second kappa shape index (κ2) is 7.13. The van der Waals surface area contributed by atoms with Crippen molar-refractivity contribution in [3.63, 3.8) is 0 Å². The number of rotatable bonds is 5. The van der Waals surface area contributed by atoms with Crippen LogP contribution in [0.25, 0.3) is 11.7 Å². The van der Waals surface area contributed by atoms with Gasteiger partial charge in [0.2, 0.25) is 17.8 Å². The number of amides is 2. The molecular formula is C22H21N7O3. The molecular weight excluding hydrogens is 410 g/mol. The largest absolute Gasteiger partial charge is 0.390 e. The predicted molar refractivity (Wildman–Crippen MR) is 116 cm³/mol. The van der Waals surface area contributed by atoms with Crippen LogP contribution in [0.3, 0.4) is 0 Å². The number of imide groups is 1. The molecule has 6 rings (SSSR count). The Morgan fingerprint density at radius 1 is 1.16 bits per heavy atom. The van der Waals surface area contributed by atoms with E-state index >= 15 is 0 Å². The van der Waals surface area contributed by atoms with E-state index < -0.39 is 12.0 Å². The third kappa shape index (κ3) is 3.28. The van der Waals surface area contributed by atoms with Gasteiger partial charge in [0.15, 0.2) is 5.65 Å². The first-order valence-corrected chi connectivity index (χ1v) is 10.6. The number of carbonyl (C=O) groups excluding carboxylic acids is 2. The van der Waals surface area contributed by atoms with Crippen LogP contribution in [0.2, 0.25) is 0 Å². The van der Waals surface area contributed by atoms with Crippen molar-refractivity contribution in [1.82, 2.24) is 24.9 Å². The number of carbonyl (C=O) groups is 2. The number of hydrogen-bond donors (Lipinski definition) is 4. The third-order valence-electron chi connectivity index (χ3n) is 6.02. The van der Waals surface area contributed by atoms with E-state index in [1.807, 2.05) is 24.3 Å². The van der Waals surface area contributed by atoms with Crippen molar-refractivity contribution >= 4 is 35.4 Å². The fourth-order valence-corrected chi connectivity index (χ4v) is 4.26. The number of nitrogens with one attached hydrogen (secondary N) is 3. The molecule has 1 aromatic carbocycles. The molecule has 10 heteroatoms. The second-order valence-corrected chi connectivity index (χ2v) is 8.44. The van der Waals surface area contributed by atoms with Gasteiger partial charge in [0.05, 0.1) is 24.8 Å². The van der Waals surface area contributed by atoms with E-state index in [2.05, 4.69) is 31.0 Å². The number of aliphatic hydroxyl groups excluding tert-OH is 1.